The lowest BCUT2D eigenvalue weighted by Gasteiger charge is -2.27. The second-order valence-electron chi connectivity index (χ2n) is 8.79. The minimum Gasteiger partial charge on any atom is -0.392 e. The van der Waals surface area contributed by atoms with E-state index in [1.807, 2.05) is 12.1 Å². The summed E-state index contributed by atoms with van der Waals surface area (Å²) in [7, 11) is 0. The maximum atomic E-state index is 14.5. The van der Waals surface area contributed by atoms with Crippen molar-refractivity contribution in [3.63, 3.8) is 0 Å². The highest BCUT2D eigenvalue weighted by molar-refractivity contribution is 6.01. The number of hydrogen-bond acceptors (Lipinski definition) is 5. The molecule has 9 heteroatoms. The smallest absolute Gasteiger partial charge is 0.255 e. The number of anilines is 1. The topological polar surface area (TPSA) is 73.1 Å². The van der Waals surface area contributed by atoms with Crippen molar-refractivity contribution in [1.82, 2.24) is 19.8 Å². The number of aliphatic hydroxyl groups excluding tert-OH is 1. The second-order valence-corrected chi connectivity index (χ2v) is 8.79. The van der Waals surface area contributed by atoms with Gasteiger partial charge in [-0.05, 0) is 49.6 Å². The lowest BCUT2D eigenvalue weighted by Crippen LogP contribution is -2.34. The summed E-state index contributed by atoms with van der Waals surface area (Å²) in [6.45, 7) is 3.35. The van der Waals surface area contributed by atoms with Crippen LogP contribution in [-0.2, 0) is 0 Å². The number of fused-ring (bicyclic) bond motifs is 1. The van der Waals surface area contributed by atoms with E-state index in [0.717, 1.165) is 37.6 Å². The summed E-state index contributed by atoms with van der Waals surface area (Å²) >= 11 is 0. The van der Waals surface area contributed by atoms with E-state index in [1.165, 1.54) is 12.1 Å². The number of rotatable bonds is 6. The molecule has 2 unspecified atom stereocenters. The zero-order valence-corrected chi connectivity index (χ0v) is 18.3. The Bertz CT molecular complexity index is 1170. The molecular weight excluding hydrogens is 428 g/mol. The molecule has 5 rings (SSSR count). The zero-order valence-electron chi connectivity index (χ0n) is 18.3. The van der Waals surface area contributed by atoms with E-state index in [0.29, 0.717) is 42.8 Å². The van der Waals surface area contributed by atoms with Crippen LogP contribution < -0.4 is 10.2 Å². The average Bonchev–Trinajstić information content (AvgIpc) is 3.54. The molecule has 0 saturated carbocycles. The summed E-state index contributed by atoms with van der Waals surface area (Å²) in [6, 6.07) is 7.08. The Labute approximate surface area is 190 Å². The number of nitrogens with zero attached hydrogens (tertiary/aromatic N) is 4. The third-order valence-corrected chi connectivity index (χ3v) is 6.61. The van der Waals surface area contributed by atoms with Crippen molar-refractivity contribution in [3.05, 3.63) is 65.5 Å². The molecule has 174 valence electrons. The van der Waals surface area contributed by atoms with Gasteiger partial charge >= 0.3 is 0 Å². The number of hydrogen-bond donors (Lipinski definition) is 2. The van der Waals surface area contributed by atoms with Gasteiger partial charge in [-0.2, -0.15) is 5.10 Å². The minimum absolute atomic E-state index is 0.212. The first-order valence-corrected chi connectivity index (χ1v) is 11.4. The standard InChI is InChI=1S/C24H27F2N5O2/c25-16-3-4-21(26)19(12-16)22-2-1-8-30(22)17-5-10-31-23(13-17)20(14-28-31)24(33)27-7-11-29-9-6-18(32)15-29/h3-5,10,12-14,18,22,32H,1-2,6-9,11,15H2,(H,27,33). The Morgan fingerprint density at radius 2 is 2.06 bits per heavy atom. The number of likely N-dealkylation sites (tertiary alicyclic amines) is 1. The van der Waals surface area contributed by atoms with E-state index in [-0.39, 0.29) is 18.1 Å². The molecule has 0 bridgehead atoms. The van der Waals surface area contributed by atoms with E-state index in [1.54, 1.807) is 16.9 Å². The molecule has 0 spiro atoms. The van der Waals surface area contributed by atoms with Crippen LogP contribution >= 0.6 is 0 Å². The van der Waals surface area contributed by atoms with Gasteiger partial charge in [0.1, 0.15) is 11.6 Å². The fourth-order valence-corrected chi connectivity index (χ4v) is 4.93. The van der Waals surface area contributed by atoms with Crippen molar-refractivity contribution in [3.8, 4) is 0 Å². The molecule has 2 N–H and O–H groups in total. The van der Waals surface area contributed by atoms with Crippen LogP contribution in [0.1, 0.15) is 41.2 Å². The van der Waals surface area contributed by atoms with Crippen molar-refractivity contribution in [2.45, 2.75) is 31.4 Å². The van der Waals surface area contributed by atoms with Gasteiger partial charge in [-0.1, -0.05) is 0 Å². The number of aliphatic hydroxyl groups is 1. The maximum Gasteiger partial charge on any atom is 0.255 e. The fourth-order valence-electron chi connectivity index (χ4n) is 4.93. The van der Waals surface area contributed by atoms with Gasteiger partial charge in [0, 0.05) is 50.2 Å². The Morgan fingerprint density at radius 3 is 2.88 bits per heavy atom. The first kappa shape index (κ1) is 21.8. The van der Waals surface area contributed by atoms with Crippen molar-refractivity contribution in [2.24, 2.45) is 0 Å². The third-order valence-electron chi connectivity index (χ3n) is 6.61. The van der Waals surface area contributed by atoms with E-state index in [9.17, 15) is 18.7 Å². The van der Waals surface area contributed by atoms with Crippen LogP contribution in [0.5, 0.6) is 0 Å². The Balaban J connectivity index is 1.34. The number of nitrogens with one attached hydrogen (secondary N) is 1. The van der Waals surface area contributed by atoms with Crippen molar-refractivity contribution in [2.75, 3.05) is 37.6 Å². The monoisotopic (exact) mass is 455 g/mol. The summed E-state index contributed by atoms with van der Waals surface area (Å²) in [6.07, 6.45) is 5.40. The zero-order chi connectivity index (χ0) is 22.9. The number of carbonyl (C=O) groups excluding carboxylic acids is 1. The highest BCUT2D eigenvalue weighted by atomic mass is 19.1. The summed E-state index contributed by atoms with van der Waals surface area (Å²) < 4.78 is 29.9. The van der Waals surface area contributed by atoms with Gasteiger partial charge in [-0.3, -0.25) is 9.69 Å². The van der Waals surface area contributed by atoms with Crippen LogP contribution in [0.3, 0.4) is 0 Å². The molecule has 2 fully saturated rings. The molecule has 3 aromatic rings. The first-order chi connectivity index (χ1) is 16.0. The first-order valence-electron chi connectivity index (χ1n) is 11.4. The lowest BCUT2D eigenvalue weighted by atomic mass is 10.0. The Morgan fingerprint density at radius 1 is 1.18 bits per heavy atom. The van der Waals surface area contributed by atoms with Gasteiger partial charge in [0.2, 0.25) is 0 Å². The lowest BCUT2D eigenvalue weighted by molar-refractivity contribution is 0.0950. The molecule has 33 heavy (non-hydrogen) atoms. The molecule has 0 radical (unpaired) electrons. The molecular formula is C24H27F2N5O2. The second kappa shape index (κ2) is 9.07. The number of amides is 1. The number of benzene rings is 1. The molecule has 7 nitrogen and oxygen atoms in total. The molecule has 2 saturated heterocycles. The number of β-amino-alcohol motifs (C(OH)–C–C–N with tert-alkyl or cyclic N) is 1. The molecule has 1 amide bonds. The van der Waals surface area contributed by atoms with Crippen molar-refractivity contribution >= 4 is 17.1 Å². The van der Waals surface area contributed by atoms with E-state index in [2.05, 4.69) is 20.2 Å². The summed E-state index contributed by atoms with van der Waals surface area (Å²) in [5, 5.41) is 16.9. The number of pyridine rings is 1. The predicted octanol–water partition coefficient (Wildman–Crippen LogP) is 2.75. The van der Waals surface area contributed by atoms with Gasteiger partial charge in [0.05, 0.1) is 29.4 Å². The molecule has 2 aromatic heterocycles. The highest BCUT2D eigenvalue weighted by Gasteiger charge is 2.29. The quantitative estimate of drug-likeness (QED) is 0.598. The molecule has 2 aliphatic heterocycles. The van der Waals surface area contributed by atoms with E-state index >= 15 is 0 Å². The van der Waals surface area contributed by atoms with Gasteiger partial charge < -0.3 is 15.3 Å². The summed E-state index contributed by atoms with van der Waals surface area (Å²) in [5.74, 6) is -1.08. The van der Waals surface area contributed by atoms with Gasteiger partial charge in [-0.25, -0.2) is 13.3 Å². The van der Waals surface area contributed by atoms with Crippen molar-refractivity contribution in [1.29, 1.82) is 0 Å². The van der Waals surface area contributed by atoms with Crippen molar-refractivity contribution < 1.29 is 18.7 Å². The summed E-state index contributed by atoms with van der Waals surface area (Å²) in [4.78, 5) is 17.0. The van der Waals surface area contributed by atoms with Crippen LogP contribution in [0.2, 0.25) is 0 Å². The normalized spacial score (nSPS) is 21.2. The number of halogens is 2. The van der Waals surface area contributed by atoms with E-state index < -0.39 is 11.6 Å². The van der Waals surface area contributed by atoms with Gasteiger partial charge in [0.25, 0.3) is 5.91 Å². The van der Waals surface area contributed by atoms with Gasteiger partial charge in [-0.15, -0.1) is 0 Å². The number of aromatic nitrogens is 2. The third kappa shape index (κ3) is 4.43. The van der Waals surface area contributed by atoms with Gasteiger partial charge in [0.15, 0.2) is 0 Å². The Hall–Kier alpha value is -3.04. The van der Waals surface area contributed by atoms with Crippen LogP contribution in [0, 0.1) is 11.6 Å². The van der Waals surface area contributed by atoms with Crippen LogP contribution in [-0.4, -0.2) is 64.4 Å². The largest absolute Gasteiger partial charge is 0.392 e. The average molecular weight is 456 g/mol. The SMILES string of the molecule is O=C(NCCN1CCC(O)C1)c1cnn2ccc(N3CCCC3c3cc(F)ccc3F)cc12. The fraction of sp³-hybridized carbons (Fsp3) is 0.417. The van der Waals surface area contributed by atoms with Crippen LogP contribution in [0.25, 0.3) is 5.52 Å². The maximum absolute atomic E-state index is 14.5. The Kier molecular flexibility index (Phi) is 5.99. The molecule has 0 aliphatic carbocycles. The highest BCUT2D eigenvalue weighted by Crippen LogP contribution is 2.38. The number of carbonyl (C=O) groups is 1. The van der Waals surface area contributed by atoms with E-state index in [4.69, 9.17) is 0 Å². The molecule has 1 aromatic carbocycles. The minimum atomic E-state index is -0.452. The predicted molar refractivity (Wildman–Crippen MR) is 120 cm³/mol. The molecule has 2 atom stereocenters. The van der Waals surface area contributed by atoms with Crippen LogP contribution in [0.4, 0.5) is 14.5 Å². The molecule has 2 aliphatic rings. The van der Waals surface area contributed by atoms with Crippen LogP contribution in [0.15, 0.2) is 42.7 Å². The molecule has 4 heterocycles. The summed E-state index contributed by atoms with van der Waals surface area (Å²) in [5.41, 5.74) is 2.32.